The molecule has 0 aromatic heterocycles. The summed E-state index contributed by atoms with van der Waals surface area (Å²) in [6.07, 6.45) is 0.542. The number of hydrogen-bond donors (Lipinski definition) is 1. The first kappa shape index (κ1) is 16.2. The Hall–Kier alpha value is -0.810. The predicted octanol–water partition coefficient (Wildman–Crippen LogP) is 1.13. The lowest BCUT2D eigenvalue weighted by molar-refractivity contribution is 0.0239. The average molecular weight is 245 g/mol. The molecule has 0 aliphatic rings. The van der Waals surface area contributed by atoms with E-state index >= 15 is 0 Å². The standard InChI is InChI=1S/C12H27N3O2/c1-12(2,3)17-11(16)15(8-6-7-13)10-9-14(4)5/h6-10,13H2,1-5H3. The van der Waals surface area contributed by atoms with Crippen molar-refractivity contribution in [1.29, 1.82) is 0 Å². The summed E-state index contributed by atoms with van der Waals surface area (Å²) in [6, 6.07) is 0. The molecule has 0 aliphatic heterocycles. The molecular formula is C12H27N3O2. The van der Waals surface area contributed by atoms with Gasteiger partial charge < -0.3 is 20.3 Å². The van der Waals surface area contributed by atoms with Crippen LogP contribution in [0.2, 0.25) is 0 Å². The molecule has 0 aliphatic carbocycles. The number of likely N-dealkylation sites (N-methyl/N-ethyl adjacent to an activating group) is 1. The van der Waals surface area contributed by atoms with Gasteiger partial charge in [-0.2, -0.15) is 0 Å². The zero-order valence-electron chi connectivity index (χ0n) is 11.8. The topological polar surface area (TPSA) is 58.8 Å². The molecule has 1 amide bonds. The molecule has 0 aromatic carbocycles. The molecule has 0 fully saturated rings. The summed E-state index contributed by atoms with van der Waals surface area (Å²) in [7, 11) is 3.96. The summed E-state index contributed by atoms with van der Waals surface area (Å²) in [4.78, 5) is 15.7. The number of hydrogen-bond acceptors (Lipinski definition) is 4. The fourth-order valence-electron chi connectivity index (χ4n) is 1.22. The minimum Gasteiger partial charge on any atom is -0.444 e. The van der Waals surface area contributed by atoms with Gasteiger partial charge in [-0.3, -0.25) is 0 Å². The Morgan fingerprint density at radius 3 is 2.18 bits per heavy atom. The highest BCUT2D eigenvalue weighted by atomic mass is 16.6. The van der Waals surface area contributed by atoms with E-state index in [0.717, 1.165) is 13.0 Å². The quantitative estimate of drug-likeness (QED) is 0.762. The van der Waals surface area contributed by atoms with Crippen molar-refractivity contribution in [3.8, 4) is 0 Å². The average Bonchev–Trinajstić information content (AvgIpc) is 2.14. The minimum absolute atomic E-state index is 0.257. The van der Waals surface area contributed by atoms with Crippen LogP contribution in [0.1, 0.15) is 27.2 Å². The largest absolute Gasteiger partial charge is 0.444 e. The van der Waals surface area contributed by atoms with Gasteiger partial charge in [0.2, 0.25) is 0 Å². The third-order valence-electron chi connectivity index (χ3n) is 2.10. The summed E-state index contributed by atoms with van der Waals surface area (Å²) in [5.74, 6) is 0. The number of carbonyl (C=O) groups is 1. The second-order valence-corrected chi connectivity index (χ2v) is 5.41. The van der Waals surface area contributed by atoms with Crippen molar-refractivity contribution < 1.29 is 9.53 Å². The van der Waals surface area contributed by atoms with Crippen molar-refractivity contribution >= 4 is 6.09 Å². The molecule has 5 nitrogen and oxygen atoms in total. The van der Waals surface area contributed by atoms with Crippen LogP contribution in [-0.4, -0.2) is 61.8 Å². The van der Waals surface area contributed by atoms with Gasteiger partial charge in [-0.05, 0) is 47.8 Å². The Kier molecular flexibility index (Phi) is 7.15. The molecule has 0 saturated heterocycles. The van der Waals surface area contributed by atoms with Gasteiger partial charge in [0.15, 0.2) is 0 Å². The fourth-order valence-corrected chi connectivity index (χ4v) is 1.22. The summed E-state index contributed by atoms with van der Waals surface area (Å²) in [5, 5.41) is 0. The van der Waals surface area contributed by atoms with Crippen LogP contribution in [0.3, 0.4) is 0 Å². The van der Waals surface area contributed by atoms with Crippen LogP contribution in [0, 0.1) is 0 Å². The van der Waals surface area contributed by atoms with Crippen molar-refractivity contribution in [2.24, 2.45) is 5.73 Å². The molecule has 2 N–H and O–H groups in total. The van der Waals surface area contributed by atoms with E-state index in [1.807, 2.05) is 39.8 Å². The molecule has 0 radical (unpaired) electrons. The number of nitrogens with zero attached hydrogens (tertiary/aromatic N) is 2. The highest BCUT2D eigenvalue weighted by molar-refractivity contribution is 5.68. The lowest BCUT2D eigenvalue weighted by Crippen LogP contribution is -2.41. The molecule has 0 spiro atoms. The summed E-state index contributed by atoms with van der Waals surface area (Å²) in [5.41, 5.74) is 5.02. The molecule has 0 atom stereocenters. The number of rotatable bonds is 6. The lowest BCUT2D eigenvalue weighted by atomic mass is 10.2. The molecule has 102 valence electrons. The highest BCUT2D eigenvalue weighted by Gasteiger charge is 2.21. The fraction of sp³-hybridized carbons (Fsp3) is 0.917. The van der Waals surface area contributed by atoms with Gasteiger partial charge in [0.05, 0.1) is 0 Å². The summed E-state index contributed by atoms with van der Waals surface area (Å²) in [6.45, 7) is 8.35. The van der Waals surface area contributed by atoms with Crippen molar-refractivity contribution in [2.45, 2.75) is 32.8 Å². The summed E-state index contributed by atoms with van der Waals surface area (Å²) >= 11 is 0. The zero-order chi connectivity index (χ0) is 13.5. The maximum absolute atomic E-state index is 11.9. The van der Waals surface area contributed by atoms with E-state index in [4.69, 9.17) is 10.5 Å². The monoisotopic (exact) mass is 245 g/mol. The summed E-state index contributed by atoms with van der Waals surface area (Å²) < 4.78 is 5.36. The van der Waals surface area contributed by atoms with Crippen LogP contribution in [-0.2, 0) is 4.74 Å². The third kappa shape index (κ3) is 8.94. The second-order valence-electron chi connectivity index (χ2n) is 5.41. The van der Waals surface area contributed by atoms with Gasteiger partial charge in [0.1, 0.15) is 5.60 Å². The first-order valence-corrected chi connectivity index (χ1v) is 6.09. The van der Waals surface area contributed by atoms with Crippen LogP contribution in [0.25, 0.3) is 0 Å². The van der Waals surface area contributed by atoms with Crippen LogP contribution in [0.5, 0.6) is 0 Å². The van der Waals surface area contributed by atoms with Crippen LogP contribution < -0.4 is 5.73 Å². The van der Waals surface area contributed by atoms with Crippen LogP contribution >= 0.6 is 0 Å². The molecule has 5 heteroatoms. The first-order chi connectivity index (χ1) is 7.76. The Balaban J connectivity index is 4.29. The maximum Gasteiger partial charge on any atom is 0.410 e. The Bertz CT molecular complexity index is 224. The molecule has 0 saturated carbocycles. The van der Waals surface area contributed by atoms with Crippen LogP contribution in [0.15, 0.2) is 0 Å². The molecule has 0 bridgehead atoms. The van der Waals surface area contributed by atoms with Crippen molar-refractivity contribution in [1.82, 2.24) is 9.80 Å². The van der Waals surface area contributed by atoms with E-state index in [2.05, 4.69) is 0 Å². The van der Waals surface area contributed by atoms with Crippen LogP contribution in [0.4, 0.5) is 4.79 Å². The molecule has 0 aromatic rings. The molecule has 0 rings (SSSR count). The second kappa shape index (κ2) is 7.50. The highest BCUT2D eigenvalue weighted by Crippen LogP contribution is 2.10. The zero-order valence-corrected chi connectivity index (χ0v) is 11.8. The van der Waals surface area contributed by atoms with Gasteiger partial charge in [0.25, 0.3) is 0 Å². The Morgan fingerprint density at radius 2 is 1.76 bits per heavy atom. The molecule has 17 heavy (non-hydrogen) atoms. The van der Waals surface area contributed by atoms with Crippen molar-refractivity contribution in [3.63, 3.8) is 0 Å². The molecule has 0 unspecified atom stereocenters. The predicted molar refractivity (Wildman–Crippen MR) is 70.0 cm³/mol. The van der Waals surface area contributed by atoms with Crippen molar-refractivity contribution in [3.05, 3.63) is 0 Å². The van der Waals surface area contributed by atoms with E-state index in [9.17, 15) is 4.79 Å². The SMILES string of the molecule is CN(C)CCN(CCCN)C(=O)OC(C)(C)C. The van der Waals surface area contributed by atoms with E-state index in [1.54, 1.807) is 4.90 Å². The third-order valence-corrected chi connectivity index (χ3v) is 2.10. The number of carbonyl (C=O) groups excluding carboxylic acids is 1. The van der Waals surface area contributed by atoms with E-state index in [1.165, 1.54) is 0 Å². The molecule has 0 heterocycles. The van der Waals surface area contributed by atoms with Gasteiger partial charge in [-0.25, -0.2) is 4.79 Å². The van der Waals surface area contributed by atoms with E-state index in [-0.39, 0.29) is 6.09 Å². The maximum atomic E-state index is 11.9. The smallest absolute Gasteiger partial charge is 0.410 e. The van der Waals surface area contributed by atoms with Gasteiger partial charge in [0, 0.05) is 19.6 Å². The van der Waals surface area contributed by atoms with Gasteiger partial charge >= 0.3 is 6.09 Å². The van der Waals surface area contributed by atoms with E-state index in [0.29, 0.717) is 19.6 Å². The Labute approximate surface area is 105 Å². The van der Waals surface area contributed by atoms with E-state index < -0.39 is 5.60 Å². The lowest BCUT2D eigenvalue weighted by Gasteiger charge is -2.28. The van der Waals surface area contributed by atoms with Gasteiger partial charge in [-0.1, -0.05) is 0 Å². The Morgan fingerprint density at radius 1 is 1.18 bits per heavy atom. The number of ether oxygens (including phenoxy) is 1. The minimum atomic E-state index is -0.448. The molecular weight excluding hydrogens is 218 g/mol. The number of nitrogens with two attached hydrogens (primary N) is 1. The number of amides is 1. The van der Waals surface area contributed by atoms with Crippen molar-refractivity contribution in [2.75, 3.05) is 40.3 Å². The first-order valence-electron chi connectivity index (χ1n) is 6.09. The normalized spacial score (nSPS) is 11.7. The van der Waals surface area contributed by atoms with Gasteiger partial charge in [-0.15, -0.1) is 0 Å².